The van der Waals surface area contributed by atoms with Crippen molar-refractivity contribution in [2.75, 3.05) is 17.6 Å². The Morgan fingerprint density at radius 3 is 2.59 bits per heavy atom. The van der Waals surface area contributed by atoms with Crippen LogP contribution in [-0.2, 0) is 26.9 Å². The number of hydrogen-bond acceptors (Lipinski definition) is 5. The minimum absolute atomic E-state index is 0.00478. The zero-order valence-corrected chi connectivity index (χ0v) is 18.4. The number of sulfone groups is 1. The van der Waals surface area contributed by atoms with Crippen LogP contribution in [-0.4, -0.2) is 42.1 Å². The molecule has 0 aliphatic rings. The van der Waals surface area contributed by atoms with E-state index in [-0.39, 0.29) is 36.3 Å². The molecule has 0 bridgehead atoms. The van der Waals surface area contributed by atoms with Crippen LogP contribution in [0.3, 0.4) is 0 Å². The van der Waals surface area contributed by atoms with Crippen molar-refractivity contribution in [1.29, 1.82) is 0 Å². The molecular weight excluding hydrogens is 428 g/mol. The maximum atomic E-state index is 12.4. The molecule has 0 fully saturated rings. The molecule has 0 spiro atoms. The van der Waals surface area contributed by atoms with E-state index in [4.69, 9.17) is 0 Å². The predicted octanol–water partition coefficient (Wildman–Crippen LogP) is 2.65. The molecule has 0 radical (unpaired) electrons. The van der Waals surface area contributed by atoms with Gasteiger partial charge in [0.25, 0.3) is 5.91 Å². The van der Waals surface area contributed by atoms with Crippen LogP contribution in [0.25, 0.3) is 0 Å². The van der Waals surface area contributed by atoms with Gasteiger partial charge in [0.1, 0.15) is 0 Å². The topological polar surface area (TPSA) is 110 Å². The van der Waals surface area contributed by atoms with Crippen LogP contribution >= 0.6 is 0 Å². The highest BCUT2D eigenvalue weighted by atomic mass is 32.2. The summed E-state index contributed by atoms with van der Waals surface area (Å²) in [6.07, 6.45) is 5.69. The van der Waals surface area contributed by atoms with E-state index >= 15 is 0 Å². The fourth-order valence-corrected chi connectivity index (χ4v) is 4.54. The van der Waals surface area contributed by atoms with Crippen molar-refractivity contribution in [3.05, 3.63) is 84.4 Å². The average molecular weight is 455 g/mol. The van der Waals surface area contributed by atoms with Gasteiger partial charge in [0, 0.05) is 43.2 Å². The van der Waals surface area contributed by atoms with E-state index in [1.54, 1.807) is 67.3 Å². The second kappa shape index (κ2) is 11.2. The number of carbonyl (C=O) groups is 2. The number of rotatable bonds is 11. The molecule has 168 valence electrons. The molecule has 3 aromatic rings. The van der Waals surface area contributed by atoms with Crippen molar-refractivity contribution in [2.45, 2.75) is 25.1 Å². The molecule has 2 N–H and O–H groups in total. The quantitative estimate of drug-likeness (QED) is 0.433. The first-order valence-corrected chi connectivity index (χ1v) is 12.1. The van der Waals surface area contributed by atoms with Gasteiger partial charge < -0.3 is 15.2 Å². The van der Waals surface area contributed by atoms with E-state index in [2.05, 4.69) is 15.6 Å². The molecule has 0 aliphatic carbocycles. The Bertz CT molecular complexity index is 1130. The van der Waals surface area contributed by atoms with Crippen LogP contribution in [0, 0.1) is 0 Å². The van der Waals surface area contributed by atoms with Crippen LogP contribution in [0.15, 0.2) is 73.3 Å². The molecule has 1 aromatic heterocycles. The summed E-state index contributed by atoms with van der Waals surface area (Å²) in [5.74, 6) is -0.501. The lowest BCUT2D eigenvalue weighted by atomic mass is 10.2. The Kier molecular flexibility index (Phi) is 8.15. The summed E-state index contributed by atoms with van der Waals surface area (Å²) in [5.41, 5.74) is 1.67. The highest BCUT2D eigenvalue weighted by molar-refractivity contribution is 7.90. The lowest BCUT2D eigenvalue weighted by molar-refractivity contribution is -0.116. The van der Waals surface area contributed by atoms with E-state index in [1.165, 1.54) is 0 Å². The number of aryl methyl sites for hydroxylation is 1. The standard InChI is InChI=1S/C23H26N4O4S/c28-22(10-13-27-14-12-24-18-27)26-21-9-4-8-20(16-21)23(29)25-11-5-15-32(30,31)17-19-6-2-1-3-7-19/h1-4,6-9,12,14,16,18H,5,10-11,13,15,17H2,(H,25,29)(H,26,28). The van der Waals surface area contributed by atoms with E-state index in [0.29, 0.717) is 24.2 Å². The summed E-state index contributed by atoms with van der Waals surface area (Å²) >= 11 is 0. The van der Waals surface area contributed by atoms with E-state index < -0.39 is 9.84 Å². The van der Waals surface area contributed by atoms with Crippen LogP contribution in [0.4, 0.5) is 5.69 Å². The third-order valence-electron chi connectivity index (χ3n) is 4.71. The number of aromatic nitrogens is 2. The molecule has 0 unspecified atom stereocenters. The molecule has 1 heterocycles. The van der Waals surface area contributed by atoms with Gasteiger partial charge in [-0.1, -0.05) is 36.4 Å². The molecule has 2 amide bonds. The number of imidazole rings is 1. The predicted molar refractivity (Wildman–Crippen MR) is 123 cm³/mol. The molecule has 0 saturated carbocycles. The summed E-state index contributed by atoms with van der Waals surface area (Å²) in [6.45, 7) is 0.757. The Balaban J connectivity index is 1.42. The number of nitrogens with zero attached hydrogens (tertiary/aromatic N) is 2. The third kappa shape index (κ3) is 7.66. The van der Waals surface area contributed by atoms with E-state index in [1.807, 2.05) is 10.6 Å². The lowest BCUT2D eigenvalue weighted by Crippen LogP contribution is -2.26. The van der Waals surface area contributed by atoms with Crippen LogP contribution < -0.4 is 10.6 Å². The van der Waals surface area contributed by atoms with Crippen LogP contribution in [0.1, 0.15) is 28.8 Å². The highest BCUT2D eigenvalue weighted by Gasteiger charge is 2.13. The number of nitrogens with one attached hydrogen (secondary N) is 2. The van der Waals surface area contributed by atoms with Gasteiger partial charge in [-0.3, -0.25) is 9.59 Å². The van der Waals surface area contributed by atoms with Gasteiger partial charge in [0.15, 0.2) is 9.84 Å². The summed E-state index contributed by atoms with van der Waals surface area (Å²) in [6, 6.07) is 15.6. The molecule has 32 heavy (non-hydrogen) atoms. The van der Waals surface area contributed by atoms with Crippen molar-refractivity contribution in [3.63, 3.8) is 0 Å². The number of anilines is 1. The van der Waals surface area contributed by atoms with Crippen LogP contribution in [0.5, 0.6) is 0 Å². The van der Waals surface area contributed by atoms with Crippen molar-refractivity contribution in [1.82, 2.24) is 14.9 Å². The minimum atomic E-state index is -3.24. The smallest absolute Gasteiger partial charge is 0.251 e. The number of benzene rings is 2. The molecule has 0 aliphatic heterocycles. The second-order valence-corrected chi connectivity index (χ2v) is 9.55. The number of carbonyl (C=O) groups excluding carboxylic acids is 2. The lowest BCUT2D eigenvalue weighted by Gasteiger charge is -2.09. The molecule has 0 atom stereocenters. The number of amides is 2. The Labute approximate surface area is 187 Å². The van der Waals surface area contributed by atoms with E-state index in [9.17, 15) is 18.0 Å². The van der Waals surface area contributed by atoms with Crippen molar-refractivity contribution in [3.8, 4) is 0 Å². The van der Waals surface area contributed by atoms with Crippen molar-refractivity contribution in [2.24, 2.45) is 0 Å². The average Bonchev–Trinajstić information content (AvgIpc) is 3.29. The first kappa shape index (κ1) is 23.2. The minimum Gasteiger partial charge on any atom is -0.352 e. The van der Waals surface area contributed by atoms with Crippen molar-refractivity contribution < 1.29 is 18.0 Å². The van der Waals surface area contributed by atoms with Crippen LogP contribution in [0.2, 0.25) is 0 Å². The van der Waals surface area contributed by atoms with Gasteiger partial charge in [-0.15, -0.1) is 0 Å². The largest absolute Gasteiger partial charge is 0.352 e. The monoisotopic (exact) mass is 454 g/mol. The summed E-state index contributed by atoms with van der Waals surface area (Å²) in [5, 5.41) is 5.51. The normalized spacial score (nSPS) is 11.1. The summed E-state index contributed by atoms with van der Waals surface area (Å²) in [7, 11) is -3.24. The maximum absolute atomic E-state index is 12.4. The van der Waals surface area contributed by atoms with Gasteiger partial charge in [-0.25, -0.2) is 13.4 Å². The zero-order valence-electron chi connectivity index (χ0n) is 17.6. The second-order valence-electron chi connectivity index (χ2n) is 7.37. The Morgan fingerprint density at radius 2 is 1.84 bits per heavy atom. The maximum Gasteiger partial charge on any atom is 0.251 e. The Morgan fingerprint density at radius 1 is 1.03 bits per heavy atom. The fraction of sp³-hybridized carbons (Fsp3) is 0.261. The summed E-state index contributed by atoms with van der Waals surface area (Å²) in [4.78, 5) is 28.4. The molecule has 8 nitrogen and oxygen atoms in total. The molecule has 9 heteroatoms. The fourth-order valence-electron chi connectivity index (χ4n) is 3.11. The molecule has 2 aromatic carbocycles. The highest BCUT2D eigenvalue weighted by Crippen LogP contribution is 2.12. The first-order valence-electron chi connectivity index (χ1n) is 10.3. The van der Waals surface area contributed by atoms with Gasteiger partial charge >= 0.3 is 0 Å². The van der Waals surface area contributed by atoms with E-state index in [0.717, 1.165) is 5.56 Å². The molecule has 3 rings (SSSR count). The van der Waals surface area contributed by atoms with Gasteiger partial charge in [-0.2, -0.15) is 0 Å². The first-order chi connectivity index (χ1) is 15.4. The van der Waals surface area contributed by atoms with Crippen molar-refractivity contribution >= 4 is 27.3 Å². The molecular formula is C23H26N4O4S. The van der Waals surface area contributed by atoms with Gasteiger partial charge in [-0.05, 0) is 30.2 Å². The SMILES string of the molecule is O=C(CCn1ccnc1)Nc1cccc(C(=O)NCCCS(=O)(=O)Cc2ccccc2)c1. The van der Waals surface area contributed by atoms with Gasteiger partial charge in [0.2, 0.25) is 5.91 Å². The zero-order chi connectivity index (χ0) is 22.8. The summed E-state index contributed by atoms with van der Waals surface area (Å²) < 4.78 is 26.3. The number of hydrogen-bond donors (Lipinski definition) is 2. The molecule has 0 saturated heterocycles. The third-order valence-corrected chi connectivity index (χ3v) is 6.40. The Hall–Kier alpha value is -3.46. The van der Waals surface area contributed by atoms with Gasteiger partial charge in [0.05, 0.1) is 17.8 Å².